The van der Waals surface area contributed by atoms with Crippen LogP contribution in [0.4, 0.5) is 0 Å². The molecular formula is C61H109N11O12. The van der Waals surface area contributed by atoms with E-state index in [9.17, 15) is 57.8 Å². The van der Waals surface area contributed by atoms with Gasteiger partial charge in [0, 0.05) is 44.9 Å². The molecule has 0 radical (unpaired) electrons. The summed E-state index contributed by atoms with van der Waals surface area (Å²) in [4.78, 5) is 152. The first-order chi connectivity index (χ1) is 38.8. The third kappa shape index (κ3) is 26.5. The van der Waals surface area contributed by atoms with Gasteiger partial charge in [-0.25, -0.2) is 0 Å². The summed E-state index contributed by atoms with van der Waals surface area (Å²) >= 11 is 0. The average Bonchev–Trinajstić information content (AvgIpc) is 4.01. The monoisotopic (exact) mass is 1190 g/mol. The SMILES string of the molecule is CCC(=O)CCCC(C)CC(NC(=O)C1CC(C)CN1C(=O)C=CC(C)CC)C(=O)NC(C(=O)NC(C)(C)C(=O)NC(CC(C)C)C(=O)NC(CC(C)C)C(=O)NC(C)(C)C(=O)NC(C)(C)C(=O)NCCC(=O)NC(C)CNC)C(O)C(C)C. The second-order valence-corrected chi connectivity index (χ2v) is 26.2. The highest BCUT2D eigenvalue weighted by atomic mass is 16.3. The van der Waals surface area contributed by atoms with Gasteiger partial charge in [0.25, 0.3) is 0 Å². The molecule has 480 valence electrons. The van der Waals surface area contributed by atoms with Gasteiger partial charge in [-0.3, -0.25) is 52.7 Å². The van der Waals surface area contributed by atoms with Crippen LogP contribution in [-0.2, 0) is 52.7 Å². The first kappa shape index (κ1) is 76.0. The molecule has 1 saturated heterocycles. The molecule has 10 amide bonds. The van der Waals surface area contributed by atoms with Gasteiger partial charge in [0.2, 0.25) is 59.1 Å². The lowest BCUT2D eigenvalue weighted by molar-refractivity contribution is -0.140. The largest absolute Gasteiger partial charge is 0.390 e. The third-order valence-electron chi connectivity index (χ3n) is 15.0. The number of hydrogen-bond donors (Lipinski definition) is 11. The lowest BCUT2D eigenvalue weighted by Gasteiger charge is -2.34. The van der Waals surface area contributed by atoms with Gasteiger partial charge < -0.3 is 63.2 Å². The number of amides is 10. The Bertz CT molecular complexity index is 2270. The van der Waals surface area contributed by atoms with E-state index in [2.05, 4.69) is 53.2 Å². The van der Waals surface area contributed by atoms with Crippen LogP contribution in [0, 0.1) is 35.5 Å². The van der Waals surface area contributed by atoms with Crippen LogP contribution in [0.15, 0.2) is 12.2 Å². The maximum absolute atomic E-state index is 14.5. The fourth-order valence-electron chi connectivity index (χ4n) is 9.43. The minimum absolute atomic E-state index is 0.0102. The summed E-state index contributed by atoms with van der Waals surface area (Å²) < 4.78 is 0. The minimum Gasteiger partial charge on any atom is -0.390 e. The number of hydrogen-bond acceptors (Lipinski definition) is 13. The van der Waals surface area contributed by atoms with E-state index in [4.69, 9.17) is 0 Å². The number of aliphatic hydroxyl groups is 1. The number of nitrogens with zero attached hydrogens (tertiary/aromatic N) is 1. The number of carbonyl (C=O) groups is 11. The van der Waals surface area contributed by atoms with Crippen molar-refractivity contribution in [2.45, 2.75) is 248 Å². The van der Waals surface area contributed by atoms with Crippen molar-refractivity contribution in [3.05, 3.63) is 12.2 Å². The van der Waals surface area contributed by atoms with Crippen molar-refractivity contribution in [1.82, 2.24) is 58.1 Å². The Hall–Kier alpha value is -5.97. The second-order valence-electron chi connectivity index (χ2n) is 26.2. The summed E-state index contributed by atoms with van der Waals surface area (Å²) in [6, 6.07) is -6.35. The predicted octanol–water partition coefficient (Wildman–Crippen LogP) is 2.96. The summed E-state index contributed by atoms with van der Waals surface area (Å²) in [7, 11) is 1.76. The highest BCUT2D eigenvalue weighted by molar-refractivity contribution is 6.00. The molecule has 84 heavy (non-hydrogen) atoms. The molecule has 23 nitrogen and oxygen atoms in total. The Labute approximate surface area is 501 Å². The molecule has 10 atom stereocenters. The number of ketones is 1. The van der Waals surface area contributed by atoms with E-state index in [-0.39, 0.29) is 85.5 Å². The smallest absolute Gasteiger partial charge is 0.246 e. The van der Waals surface area contributed by atoms with Gasteiger partial charge in [0.05, 0.1) is 6.10 Å². The van der Waals surface area contributed by atoms with Crippen molar-refractivity contribution in [1.29, 1.82) is 0 Å². The van der Waals surface area contributed by atoms with Crippen molar-refractivity contribution in [2.75, 3.05) is 26.7 Å². The lowest BCUT2D eigenvalue weighted by Crippen LogP contribution is -2.66. The zero-order chi connectivity index (χ0) is 64.6. The molecule has 0 aromatic heterocycles. The maximum Gasteiger partial charge on any atom is 0.246 e. The van der Waals surface area contributed by atoms with Gasteiger partial charge in [-0.1, -0.05) is 95.1 Å². The van der Waals surface area contributed by atoms with Crippen molar-refractivity contribution in [3.63, 3.8) is 0 Å². The topological polar surface area (TPSA) is 332 Å². The first-order valence-electron chi connectivity index (χ1n) is 30.4. The molecule has 0 bridgehead atoms. The molecule has 1 fully saturated rings. The summed E-state index contributed by atoms with van der Waals surface area (Å²) in [6.45, 7) is 31.5. The van der Waals surface area contributed by atoms with Crippen LogP contribution >= 0.6 is 0 Å². The normalized spacial score (nSPS) is 17.7. The highest BCUT2D eigenvalue weighted by Crippen LogP contribution is 2.25. The Morgan fingerprint density at radius 1 is 0.631 bits per heavy atom. The predicted molar refractivity (Wildman–Crippen MR) is 324 cm³/mol. The molecule has 0 aromatic carbocycles. The molecular weight excluding hydrogens is 1080 g/mol. The quantitative estimate of drug-likeness (QED) is 0.0399. The lowest BCUT2D eigenvalue weighted by atomic mass is 9.93. The molecule has 11 N–H and O–H groups in total. The number of nitrogens with one attached hydrogen (secondary N) is 10. The van der Waals surface area contributed by atoms with E-state index in [1.807, 2.05) is 62.3 Å². The minimum atomic E-state index is -1.79. The first-order valence-corrected chi connectivity index (χ1v) is 30.4. The summed E-state index contributed by atoms with van der Waals surface area (Å²) in [6.07, 6.45) is 5.10. The van der Waals surface area contributed by atoms with Crippen molar-refractivity contribution < 1.29 is 57.8 Å². The number of allylic oxidation sites excluding steroid dienone is 1. The van der Waals surface area contributed by atoms with Crippen LogP contribution in [0.1, 0.15) is 189 Å². The maximum atomic E-state index is 14.5. The number of Topliss-reactive ketones (excluding diaryl/α,β-unsaturated/α-hetero) is 1. The number of aliphatic hydroxyl groups excluding tert-OH is 1. The molecule has 0 aliphatic carbocycles. The van der Waals surface area contributed by atoms with E-state index in [1.54, 1.807) is 33.9 Å². The molecule has 10 unspecified atom stereocenters. The van der Waals surface area contributed by atoms with Gasteiger partial charge in [0.15, 0.2) is 0 Å². The van der Waals surface area contributed by atoms with E-state index in [0.29, 0.717) is 45.2 Å². The highest BCUT2D eigenvalue weighted by Gasteiger charge is 2.43. The Kier molecular flexibility index (Phi) is 32.1. The van der Waals surface area contributed by atoms with Crippen LogP contribution in [-0.4, -0.2) is 161 Å². The second kappa shape index (κ2) is 35.5. The van der Waals surface area contributed by atoms with Gasteiger partial charge in [0.1, 0.15) is 52.6 Å². The molecule has 0 spiro atoms. The third-order valence-corrected chi connectivity index (χ3v) is 15.0. The van der Waals surface area contributed by atoms with Crippen LogP contribution in [0.2, 0.25) is 0 Å². The summed E-state index contributed by atoms with van der Waals surface area (Å²) in [5, 5.41) is 39.0. The van der Waals surface area contributed by atoms with Gasteiger partial charge in [-0.2, -0.15) is 0 Å². The van der Waals surface area contributed by atoms with E-state index in [1.165, 1.54) is 52.5 Å². The van der Waals surface area contributed by atoms with Crippen LogP contribution in [0.25, 0.3) is 0 Å². The zero-order valence-corrected chi connectivity index (χ0v) is 54.2. The average molecular weight is 1190 g/mol. The fourth-order valence-corrected chi connectivity index (χ4v) is 9.43. The molecule has 0 aromatic rings. The molecule has 1 heterocycles. The van der Waals surface area contributed by atoms with Crippen LogP contribution < -0.4 is 53.2 Å². The molecule has 1 aliphatic rings. The Morgan fingerprint density at radius 3 is 1.71 bits per heavy atom. The van der Waals surface area contributed by atoms with Crippen LogP contribution in [0.5, 0.6) is 0 Å². The van der Waals surface area contributed by atoms with E-state index < -0.39 is 106 Å². The molecule has 1 rings (SSSR count). The summed E-state index contributed by atoms with van der Waals surface area (Å²) in [5.74, 6) is -7.32. The Morgan fingerprint density at radius 2 is 1.17 bits per heavy atom. The van der Waals surface area contributed by atoms with Crippen molar-refractivity contribution in [2.24, 2.45) is 35.5 Å². The van der Waals surface area contributed by atoms with Crippen molar-refractivity contribution >= 4 is 64.9 Å². The van der Waals surface area contributed by atoms with Crippen LogP contribution in [0.3, 0.4) is 0 Å². The number of rotatable bonds is 37. The molecule has 1 aliphatic heterocycles. The van der Waals surface area contributed by atoms with Gasteiger partial charge >= 0.3 is 0 Å². The Balaban J connectivity index is 3.42. The van der Waals surface area contributed by atoms with Gasteiger partial charge in [-0.15, -0.1) is 0 Å². The fraction of sp³-hybridized carbons (Fsp3) is 0.787. The summed E-state index contributed by atoms with van der Waals surface area (Å²) in [5.41, 5.74) is -4.87. The van der Waals surface area contributed by atoms with Gasteiger partial charge in [-0.05, 0) is 129 Å². The number of carbonyl (C=O) groups excluding carboxylic acids is 11. The number of likely N-dealkylation sites (tertiary alicyclic amines) is 1. The van der Waals surface area contributed by atoms with E-state index >= 15 is 0 Å². The molecule has 0 saturated carbocycles. The standard InChI is InChI=1S/C61H109N11O12/c1-20-38(9)25-26-48(75)72-34-40(11)32-46(72)54(80)66-45(31-39(10)23-22-24-42(73)21-2)52(78)68-49(50(76)37(7)8)55(81)70-60(15,16)57(83)67-43(29-35(3)4)51(77)65-44(30-36(5)6)53(79)69-61(17,18)58(84)71-59(13,14)56(82)63-28-27-47(74)64-41(12)33-62-19/h25-26,35-41,43-46,49-50,62,76H,20-24,27-34H2,1-19H3,(H,63,82)(H,64,74)(H,65,77)(H,66,80)(H,67,83)(H,68,78)(H,69,79)(H,70,81)(H,71,84). The van der Waals surface area contributed by atoms with Crippen molar-refractivity contribution in [3.8, 4) is 0 Å². The van der Waals surface area contributed by atoms with E-state index in [0.717, 1.165) is 6.42 Å². The molecule has 23 heteroatoms. The zero-order valence-electron chi connectivity index (χ0n) is 54.2. The number of likely N-dealkylation sites (N-methyl/N-ethyl adjacent to an activating group) is 1.